The third-order valence-corrected chi connectivity index (χ3v) is 4.47. The third-order valence-electron chi connectivity index (χ3n) is 4.47. The number of nitrogens with two attached hydrogens (primary N) is 1. The highest BCUT2D eigenvalue weighted by Gasteiger charge is 2.23. The Hall–Kier alpha value is -2.27. The van der Waals surface area contributed by atoms with Crippen molar-refractivity contribution in [3.8, 4) is 16.9 Å². The zero-order valence-electron chi connectivity index (χ0n) is 15.6. The Kier molecular flexibility index (Phi) is 6.65. The van der Waals surface area contributed by atoms with E-state index in [0.29, 0.717) is 12.2 Å². The molecule has 0 aliphatic heterocycles. The molecule has 0 saturated carbocycles. The van der Waals surface area contributed by atoms with E-state index in [0.717, 1.165) is 54.3 Å². The number of hydrogen-bond donors (Lipinski definition) is 1. The third kappa shape index (κ3) is 4.04. The van der Waals surface area contributed by atoms with Gasteiger partial charge in [0, 0.05) is 36.7 Å². The van der Waals surface area contributed by atoms with Crippen LogP contribution in [0.2, 0.25) is 0 Å². The number of aromatic nitrogens is 1. The van der Waals surface area contributed by atoms with Gasteiger partial charge in [-0.3, -0.25) is 4.79 Å². The largest absolute Gasteiger partial charge is 0.497 e. The lowest BCUT2D eigenvalue weighted by atomic mass is 9.98. The van der Waals surface area contributed by atoms with E-state index in [4.69, 9.17) is 15.2 Å². The zero-order valence-corrected chi connectivity index (χ0v) is 15.6. The first-order chi connectivity index (χ1) is 12.0. The van der Waals surface area contributed by atoms with Crippen molar-refractivity contribution in [2.75, 3.05) is 20.3 Å². The molecular weight excluding hydrogens is 316 g/mol. The van der Waals surface area contributed by atoms with Crippen LogP contribution in [0.15, 0.2) is 24.3 Å². The number of rotatable bonds is 9. The highest BCUT2D eigenvalue weighted by molar-refractivity contribution is 6.02. The van der Waals surface area contributed by atoms with Gasteiger partial charge in [0.25, 0.3) is 5.91 Å². The van der Waals surface area contributed by atoms with Crippen LogP contribution in [0.3, 0.4) is 0 Å². The van der Waals surface area contributed by atoms with Crippen LogP contribution in [0.4, 0.5) is 0 Å². The van der Waals surface area contributed by atoms with Crippen molar-refractivity contribution in [2.45, 2.75) is 40.2 Å². The van der Waals surface area contributed by atoms with Crippen molar-refractivity contribution in [3.63, 3.8) is 0 Å². The molecule has 0 unspecified atom stereocenters. The lowest BCUT2D eigenvalue weighted by Crippen LogP contribution is -2.13. The zero-order chi connectivity index (χ0) is 18.4. The molecular formula is C20H28N2O3. The molecule has 1 aromatic carbocycles. The van der Waals surface area contributed by atoms with E-state index in [-0.39, 0.29) is 5.91 Å². The number of nitrogens with zero attached hydrogens (tertiary/aromatic N) is 1. The number of carbonyl (C=O) groups is 1. The molecule has 0 fully saturated rings. The molecule has 0 aliphatic carbocycles. The number of hydrogen-bond acceptors (Lipinski definition) is 3. The Balaban J connectivity index is 2.50. The Bertz CT molecular complexity index is 718. The number of methoxy groups -OCH3 is 1. The second-order valence-corrected chi connectivity index (χ2v) is 5.93. The fourth-order valence-electron chi connectivity index (χ4n) is 3.31. The minimum atomic E-state index is -0.387. The van der Waals surface area contributed by atoms with Gasteiger partial charge >= 0.3 is 0 Å². The minimum absolute atomic E-state index is 0.387. The second kappa shape index (κ2) is 8.72. The maximum atomic E-state index is 12.2. The molecule has 0 saturated heterocycles. The summed E-state index contributed by atoms with van der Waals surface area (Å²) in [6, 6.07) is 7.76. The molecule has 0 aliphatic rings. The normalized spacial score (nSPS) is 10.9. The predicted molar refractivity (Wildman–Crippen MR) is 100 cm³/mol. The van der Waals surface area contributed by atoms with Gasteiger partial charge in [0.05, 0.1) is 12.7 Å². The van der Waals surface area contributed by atoms with Gasteiger partial charge in [0.15, 0.2) is 0 Å². The highest BCUT2D eigenvalue weighted by Crippen LogP contribution is 2.34. The summed E-state index contributed by atoms with van der Waals surface area (Å²) in [7, 11) is 1.64. The van der Waals surface area contributed by atoms with Gasteiger partial charge in [-0.2, -0.15) is 0 Å². The van der Waals surface area contributed by atoms with E-state index >= 15 is 0 Å². The fourth-order valence-corrected chi connectivity index (χ4v) is 3.31. The van der Waals surface area contributed by atoms with Crippen LogP contribution in [0, 0.1) is 6.92 Å². The van der Waals surface area contributed by atoms with Gasteiger partial charge < -0.3 is 19.8 Å². The van der Waals surface area contributed by atoms with Crippen molar-refractivity contribution >= 4 is 5.91 Å². The summed E-state index contributed by atoms with van der Waals surface area (Å²) in [6.45, 7) is 8.30. The molecule has 2 rings (SSSR count). The standard InChI is InChI=1S/C20H28N2O3/c1-5-17-19(15-8-10-16(24-4)11-9-15)18(20(21)23)14(3)22(17)12-7-13-25-6-2/h8-11H,5-7,12-13H2,1-4H3,(H2,21,23). The second-order valence-electron chi connectivity index (χ2n) is 5.93. The molecule has 2 N–H and O–H groups in total. The van der Waals surface area contributed by atoms with Crippen LogP contribution in [-0.4, -0.2) is 30.8 Å². The van der Waals surface area contributed by atoms with Gasteiger partial charge in [-0.05, 0) is 44.4 Å². The fraction of sp³-hybridized carbons (Fsp3) is 0.450. The molecule has 1 aromatic heterocycles. The van der Waals surface area contributed by atoms with Crippen molar-refractivity contribution in [1.82, 2.24) is 4.57 Å². The smallest absolute Gasteiger partial charge is 0.251 e. The maximum Gasteiger partial charge on any atom is 0.251 e. The van der Waals surface area contributed by atoms with Crippen LogP contribution < -0.4 is 10.5 Å². The van der Waals surface area contributed by atoms with Gasteiger partial charge in [0.2, 0.25) is 0 Å². The molecule has 0 atom stereocenters. The lowest BCUT2D eigenvalue weighted by Gasteiger charge is -2.12. The molecule has 1 heterocycles. The molecule has 1 amide bonds. The van der Waals surface area contributed by atoms with Gasteiger partial charge in [0.1, 0.15) is 5.75 Å². The van der Waals surface area contributed by atoms with Gasteiger partial charge in [-0.25, -0.2) is 0 Å². The van der Waals surface area contributed by atoms with E-state index in [2.05, 4.69) is 11.5 Å². The molecule has 136 valence electrons. The summed E-state index contributed by atoms with van der Waals surface area (Å²) >= 11 is 0. The van der Waals surface area contributed by atoms with E-state index in [1.54, 1.807) is 7.11 Å². The molecule has 2 aromatic rings. The maximum absolute atomic E-state index is 12.2. The van der Waals surface area contributed by atoms with Gasteiger partial charge in [-0.1, -0.05) is 19.1 Å². The molecule has 25 heavy (non-hydrogen) atoms. The molecule has 0 spiro atoms. The van der Waals surface area contributed by atoms with E-state index in [9.17, 15) is 4.79 Å². The first kappa shape index (κ1) is 19.1. The molecule has 5 nitrogen and oxygen atoms in total. The SMILES string of the molecule is CCOCCCn1c(C)c(C(N)=O)c(-c2ccc(OC)cc2)c1CC. The van der Waals surface area contributed by atoms with Gasteiger partial charge in [-0.15, -0.1) is 0 Å². The van der Waals surface area contributed by atoms with E-state index < -0.39 is 0 Å². The quantitative estimate of drug-likeness (QED) is 0.707. The number of primary amides is 1. The molecule has 0 bridgehead atoms. The average molecular weight is 344 g/mol. The summed E-state index contributed by atoms with van der Waals surface area (Å²) < 4.78 is 12.9. The van der Waals surface area contributed by atoms with E-state index in [1.165, 1.54) is 0 Å². The van der Waals surface area contributed by atoms with Crippen molar-refractivity contribution in [2.24, 2.45) is 5.73 Å². The Labute approximate surface area is 149 Å². The summed E-state index contributed by atoms with van der Waals surface area (Å²) in [5.41, 5.74) is 10.3. The summed E-state index contributed by atoms with van der Waals surface area (Å²) in [6.07, 6.45) is 1.72. The summed E-state index contributed by atoms with van der Waals surface area (Å²) in [5.74, 6) is 0.400. The Morgan fingerprint density at radius 3 is 2.40 bits per heavy atom. The summed E-state index contributed by atoms with van der Waals surface area (Å²) in [5, 5.41) is 0. The van der Waals surface area contributed by atoms with Crippen LogP contribution in [0.25, 0.3) is 11.1 Å². The Morgan fingerprint density at radius 1 is 1.20 bits per heavy atom. The first-order valence-corrected chi connectivity index (χ1v) is 8.79. The first-order valence-electron chi connectivity index (χ1n) is 8.79. The number of amides is 1. The topological polar surface area (TPSA) is 66.5 Å². The lowest BCUT2D eigenvalue weighted by molar-refractivity contribution is 0.1000. The predicted octanol–water partition coefficient (Wildman–Crippen LogP) is 3.56. The van der Waals surface area contributed by atoms with Crippen LogP contribution in [-0.2, 0) is 17.7 Å². The number of carbonyl (C=O) groups excluding carboxylic acids is 1. The average Bonchev–Trinajstić information content (AvgIpc) is 2.90. The number of benzene rings is 1. The van der Waals surface area contributed by atoms with Crippen molar-refractivity contribution in [3.05, 3.63) is 41.2 Å². The van der Waals surface area contributed by atoms with Crippen LogP contribution in [0.5, 0.6) is 5.75 Å². The highest BCUT2D eigenvalue weighted by atomic mass is 16.5. The minimum Gasteiger partial charge on any atom is -0.497 e. The Morgan fingerprint density at radius 2 is 1.88 bits per heavy atom. The van der Waals surface area contributed by atoms with Crippen molar-refractivity contribution < 1.29 is 14.3 Å². The molecule has 5 heteroatoms. The van der Waals surface area contributed by atoms with Crippen LogP contribution >= 0.6 is 0 Å². The number of ether oxygens (including phenoxy) is 2. The summed E-state index contributed by atoms with van der Waals surface area (Å²) in [4.78, 5) is 12.2. The molecule has 0 radical (unpaired) electrons. The van der Waals surface area contributed by atoms with Crippen LogP contribution in [0.1, 0.15) is 42.0 Å². The van der Waals surface area contributed by atoms with E-state index in [1.807, 2.05) is 38.1 Å². The monoisotopic (exact) mass is 344 g/mol. The van der Waals surface area contributed by atoms with Crippen molar-refractivity contribution in [1.29, 1.82) is 0 Å².